The standard InChI is InChI=1S/C13H20Cl2N2/c1-4-16-12(8-9-17(2)3)10-6-5-7-11(14)13(10)15/h5-7,12,16H,4,8-9H2,1-3H3. The average molecular weight is 275 g/mol. The van der Waals surface area contributed by atoms with E-state index in [1.165, 1.54) is 0 Å². The third-order valence-corrected chi connectivity index (χ3v) is 3.51. The van der Waals surface area contributed by atoms with Crippen molar-refractivity contribution in [1.82, 2.24) is 10.2 Å². The van der Waals surface area contributed by atoms with Gasteiger partial charge in [-0.15, -0.1) is 0 Å². The van der Waals surface area contributed by atoms with E-state index < -0.39 is 0 Å². The Labute approximate surface area is 114 Å². The molecule has 2 nitrogen and oxygen atoms in total. The van der Waals surface area contributed by atoms with Crippen LogP contribution in [0.1, 0.15) is 24.9 Å². The van der Waals surface area contributed by atoms with E-state index in [1.807, 2.05) is 18.2 Å². The molecule has 0 aliphatic rings. The first-order valence-electron chi connectivity index (χ1n) is 5.88. The summed E-state index contributed by atoms with van der Waals surface area (Å²) in [5, 5.41) is 4.74. The third-order valence-electron chi connectivity index (χ3n) is 2.67. The summed E-state index contributed by atoms with van der Waals surface area (Å²) >= 11 is 12.3. The Kier molecular flexibility index (Phi) is 6.28. The van der Waals surface area contributed by atoms with Crippen LogP contribution in [-0.4, -0.2) is 32.1 Å². The molecule has 0 spiro atoms. The van der Waals surface area contributed by atoms with Gasteiger partial charge in [-0.1, -0.05) is 42.3 Å². The lowest BCUT2D eigenvalue weighted by Gasteiger charge is -2.21. The van der Waals surface area contributed by atoms with E-state index in [2.05, 4.69) is 31.2 Å². The molecule has 17 heavy (non-hydrogen) atoms. The molecule has 1 aromatic rings. The van der Waals surface area contributed by atoms with Gasteiger partial charge in [0.25, 0.3) is 0 Å². The molecule has 1 rings (SSSR count). The highest BCUT2D eigenvalue weighted by molar-refractivity contribution is 6.42. The smallest absolute Gasteiger partial charge is 0.0640 e. The van der Waals surface area contributed by atoms with Gasteiger partial charge in [0.1, 0.15) is 0 Å². The van der Waals surface area contributed by atoms with Crippen LogP contribution in [0.2, 0.25) is 10.0 Å². The molecule has 1 N–H and O–H groups in total. The van der Waals surface area contributed by atoms with Crippen LogP contribution >= 0.6 is 23.2 Å². The summed E-state index contributed by atoms with van der Waals surface area (Å²) < 4.78 is 0. The van der Waals surface area contributed by atoms with Crippen LogP contribution in [0, 0.1) is 0 Å². The van der Waals surface area contributed by atoms with Crippen LogP contribution in [-0.2, 0) is 0 Å². The highest BCUT2D eigenvalue weighted by Gasteiger charge is 2.15. The Morgan fingerprint density at radius 2 is 2.00 bits per heavy atom. The maximum Gasteiger partial charge on any atom is 0.0640 e. The van der Waals surface area contributed by atoms with Crippen molar-refractivity contribution < 1.29 is 0 Å². The van der Waals surface area contributed by atoms with E-state index in [4.69, 9.17) is 23.2 Å². The van der Waals surface area contributed by atoms with E-state index in [9.17, 15) is 0 Å². The third kappa shape index (κ3) is 4.47. The van der Waals surface area contributed by atoms with Crippen molar-refractivity contribution in [1.29, 1.82) is 0 Å². The van der Waals surface area contributed by atoms with E-state index in [0.717, 1.165) is 25.1 Å². The lowest BCUT2D eigenvalue weighted by molar-refractivity contribution is 0.363. The lowest BCUT2D eigenvalue weighted by Crippen LogP contribution is -2.25. The van der Waals surface area contributed by atoms with Gasteiger partial charge in [-0.25, -0.2) is 0 Å². The molecule has 0 aliphatic carbocycles. The van der Waals surface area contributed by atoms with Gasteiger partial charge in [0.05, 0.1) is 10.0 Å². The molecule has 0 bridgehead atoms. The Bertz CT molecular complexity index is 353. The lowest BCUT2D eigenvalue weighted by atomic mass is 10.0. The van der Waals surface area contributed by atoms with Gasteiger partial charge < -0.3 is 10.2 Å². The molecule has 0 radical (unpaired) electrons. The van der Waals surface area contributed by atoms with Gasteiger partial charge in [0.2, 0.25) is 0 Å². The second kappa shape index (κ2) is 7.22. The molecule has 0 amide bonds. The van der Waals surface area contributed by atoms with Crippen molar-refractivity contribution >= 4 is 23.2 Å². The summed E-state index contributed by atoms with van der Waals surface area (Å²) in [5.41, 5.74) is 1.09. The van der Waals surface area contributed by atoms with Crippen molar-refractivity contribution in [3.63, 3.8) is 0 Å². The summed E-state index contributed by atoms with van der Waals surface area (Å²) in [4.78, 5) is 2.17. The fourth-order valence-electron chi connectivity index (χ4n) is 1.79. The first kappa shape index (κ1) is 14.8. The topological polar surface area (TPSA) is 15.3 Å². The van der Waals surface area contributed by atoms with Gasteiger partial charge in [-0.3, -0.25) is 0 Å². The quantitative estimate of drug-likeness (QED) is 0.853. The molecule has 1 unspecified atom stereocenters. The monoisotopic (exact) mass is 274 g/mol. The highest BCUT2D eigenvalue weighted by Crippen LogP contribution is 2.31. The fourth-order valence-corrected chi connectivity index (χ4v) is 2.23. The molecule has 96 valence electrons. The van der Waals surface area contributed by atoms with E-state index in [-0.39, 0.29) is 6.04 Å². The molecule has 0 saturated heterocycles. The Morgan fingerprint density at radius 1 is 1.29 bits per heavy atom. The van der Waals surface area contributed by atoms with E-state index >= 15 is 0 Å². The van der Waals surface area contributed by atoms with Crippen molar-refractivity contribution in [3.8, 4) is 0 Å². The predicted octanol–water partition coefficient (Wildman–Crippen LogP) is 3.60. The zero-order valence-electron chi connectivity index (χ0n) is 10.6. The van der Waals surface area contributed by atoms with Gasteiger partial charge >= 0.3 is 0 Å². The van der Waals surface area contributed by atoms with Gasteiger partial charge in [0.15, 0.2) is 0 Å². The summed E-state index contributed by atoms with van der Waals surface area (Å²) in [7, 11) is 4.14. The van der Waals surface area contributed by atoms with E-state index in [1.54, 1.807) is 0 Å². The maximum atomic E-state index is 6.25. The summed E-state index contributed by atoms with van der Waals surface area (Å²) in [6, 6.07) is 6.07. The summed E-state index contributed by atoms with van der Waals surface area (Å²) in [6.07, 6.45) is 1.01. The van der Waals surface area contributed by atoms with Crippen LogP contribution in [0.3, 0.4) is 0 Å². The molecule has 0 heterocycles. The minimum absolute atomic E-state index is 0.258. The summed E-state index contributed by atoms with van der Waals surface area (Å²) in [5.74, 6) is 0. The molecular weight excluding hydrogens is 255 g/mol. The van der Waals surface area contributed by atoms with E-state index in [0.29, 0.717) is 10.0 Å². The first-order valence-corrected chi connectivity index (χ1v) is 6.63. The normalized spacial score (nSPS) is 13.1. The minimum Gasteiger partial charge on any atom is -0.310 e. The SMILES string of the molecule is CCNC(CCN(C)C)c1cccc(Cl)c1Cl. The van der Waals surface area contributed by atoms with Crippen molar-refractivity contribution in [2.75, 3.05) is 27.2 Å². The Hall–Kier alpha value is -0.280. The fraction of sp³-hybridized carbons (Fsp3) is 0.538. The number of rotatable bonds is 6. The van der Waals surface area contributed by atoms with Gasteiger partial charge in [0, 0.05) is 6.04 Å². The zero-order chi connectivity index (χ0) is 12.8. The second-order valence-corrected chi connectivity index (χ2v) is 5.13. The van der Waals surface area contributed by atoms with Crippen LogP contribution in [0.4, 0.5) is 0 Å². The minimum atomic E-state index is 0.258. The largest absolute Gasteiger partial charge is 0.310 e. The van der Waals surface area contributed by atoms with Crippen LogP contribution in [0.5, 0.6) is 0 Å². The number of hydrogen-bond acceptors (Lipinski definition) is 2. The van der Waals surface area contributed by atoms with Crippen molar-refractivity contribution in [3.05, 3.63) is 33.8 Å². The molecular formula is C13H20Cl2N2. The van der Waals surface area contributed by atoms with Gasteiger partial charge in [-0.2, -0.15) is 0 Å². The van der Waals surface area contributed by atoms with Crippen molar-refractivity contribution in [2.45, 2.75) is 19.4 Å². The highest BCUT2D eigenvalue weighted by atomic mass is 35.5. The average Bonchev–Trinajstić information content (AvgIpc) is 2.28. The molecule has 0 fully saturated rings. The van der Waals surface area contributed by atoms with Gasteiger partial charge in [-0.05, 0) is 45.2 Å². The molecule has 0 saturated carbocycles. The second-order valence-electron chi connectivity index (χ2n) is 4.35. The maximum absolute atomic E-state index is 6.25. The Balaban J connectivity index is 2.85. The number of hydrogen-bond donors (Lipinski definition) is 1. The molecule has 0 aliphatic heterocycles. The molecule has 1 aromatic carbocycles. The van der Waals surface area contributed by atoms with Crippen molar-refractivity contribution in [2.24, 2.45) is 0 Å². The molecule has 0 aromatic heterocycles. The predicted molar refractivity (Wildman–Crippen MR) is 76.1 cm³/mol. The van der Waals surface area contributed by atoms with Crippen LogP contribution < -0.4 is 5.32 Å². The number of benzene rings is 1. The summed E-state index contributed by atoms with van der Waals surface area (Å²) in [6.45, 7) is 4.03. The number of nitrogens with zero attached hydrogens (tertiary/aromatic N) is 1. The van der Waals surface area contributed by atoms with Crippen LogP contribution in [0.15, 0.2) is 18.2 Å². The molecule has 1 atom stereocenters. The number of halogens is 2. The Morgan fingerprint density at radius 3 is 2.59 bits per heavy atom. The first-order chi connectivity index (χ1) is 8.06. The number of nitrogens with one attached hydrogen (secondary N) is 1. The zero-order valence-corrected chi connectivity index (χ0v) is 12.1. The van der Waals surface area contributed by atoms with Crippen LogP contribution in [0.25, 0.3) is 0 Å². The molecule has 4 heteroatoms.